The van der Waals surface area contributed by atoms with E-state index >= 15 is 0 Å². The second-order valence-electron chi connectivity index (χ2n) is 6.08. The van der Waals surface area contributed by atoms with Crippen molar-refractivity contribution in [2.45, 2.75) is 37.9 Å². The number of aliphatic imine (C=N–C) groups is 2. The van der Waals surface area contributed by atoms with Crippen LogP contribution in [-0.2, 0) is 9.59 Å². The Morgan fingerprint density at radius 2 is 2.12 bits per heavy atom. The molecule has 6 nitrogen and oxygen atoms in total. The van der Waals surface area contributed by atoms with Crippen molar-refractivity contribution in [1.29, 1.82) is 0 Å². The molecule has 0 spiro atoms. The van der Waals surface area contributed by atoms with Crippen LogP contribution in [0.1, 0.15) is 32.6 Å². The highest BCUT2D eigenvalue weighted by Gasteiger charge is 2.31. The molecule has 0 radical (unpaired) electrons. The number of hydrogen-bond donors (Lipinski definition) is 1. The van der Waals surface area contributed by atoms with Crippen molar-refractivity contribution < 1.29 is 14.3 Å². The largest absolute Gasteiger partial charge is 0.495 e. The fraction of sp³-hybridized carbons (Fsp3) is 0.444. The van der Waals surface area contributed by atoms with Gasteiger partial charge in [-0.25, -0.2) is 4.99 Å². The molecular formula is C18H21N3O3S. The van der Waals surface area contributed by atoms with E-state index in [2.05, 4.69) is 15.3 Å². The maximum absolute atomic E-state index is 12.4. The van der Waals surface area contributed by atoms with Crippen molar-refractivity contribution in [2.24, 2.45) is 15.9 Å². The molecule has 132 valence electrons. The summed E-state index contributed by atoms with van der Waals surface area (Å²) in [5, 5.41) is 2.81. The summed E-state index contributed by atoms with van der Waals surface area (Å²) in [5.74, 6) is 0.152. The van der Waals surface area contributed by atoms with Crippen molar-refractivity contribution in [3.05, 3.63) is 24.3 Å². The molecular weight excluding hydrogens is 338 g/mol. The number of amides is 2. The molecule has 1 N–H and O–H groups in total. The van der Waals surface area contributed by atoms with E-state index < -0.39 is 5.25 Å². The summed E-state index contributed by atoms with van der Waals surface area (Å²) in [6.45, 7) is 1.77. The van der Waals surface area contributed by atoms with Crippen LogP contribution in [0, 0.1) is 5.92 Å². The number of carbonyl (C=O) groups excluding carboxylic acids is 2. The molecule has 1 aliphatic carbocycles. The van der Waals surface area contributed by atoms with E-state index in [-0.39, 0.29) is 17.7 Å². The predicted molar refractivity (Wildman–Crippen MR) is 101 cm³/mol. The summed E-state index contributed by atoms with van der Waals surface area (Å²) in [4.78, 5) is 33.2. The Morgan fingerprint density at radius 1 is 1.32 bits per heavy atom. The van der Waals surface area contributed by atoms with Crippen LogP contribution in [0.25, 0.3) is 0 Å². The molecule has 1 heterocycles. The molecule has 2 atom stereocenters. The summed E-state index contributed by atoms with van der Waals surface area (Å²) in [6, 6.07) is 7.23. The van der Waals surface area contributed by atoms with E-state index in [1.165, 1.54) is 11.8 Å². The molecule has 3 rings (SSSR count). The predicted octanol–water partition coefficient (Wildman–Crippen LogP) is 3.28. The molecule has 0 aromatic heterocycles. The Balaban J connectivity index is 1.65. The van der Waals surface area contributed by atoms with Crippen LogP contribution in [0.3, 0.4) is 0 Å². The van der Waals surface area contributed by atoms with E-state index in [1.54, 1.807) is 26.2 Å². The third-order valence-corrected chi connectivity index (χ3v) is 5.30. The number of carbonyl (C=O) groups is 2. The standard InChI is InChI=1S/C18H21N3O3S/c1-11(16(22)19-14-9-5-6-10-15(14)24-2)25-18-20-13-8-4-3-7-12(13)17(23)21-18/h5-6,9-12H,3-4,7-8H2,1-2H3,(H,19,22). The molecule has 0 bridgehead atoms. The van der Waals surface area contributed by atoms with Crippen LogP contribution >= 0.6 is 11.8 Å². The number of nitrogens with one attached hydrogen (secondary N) is 1. The molecule has 1 aromatic rings. The molecule has 2 amide bonds. The highest BCUT2D eigenvalue weighted by atomic mass is 32.2. The van der Waals surface area contributed by atoms with E-state index in [4.69, 9.17) is 4.74 Å². The van der Waals surface area contributed by atoms with Crippen LogP contribution in [0.15, 0.2) is 34.3 Å². The SMILES string of the molecule is COc1ccccc1NC(=O)C(C)SC1=NC(=O)C2CCCCC2=N1. The highest BCUT2D eigenvalue weighted by molar-refractivity contribution is 8.15. The lowest BCUT2D eigenvalue weighted by Gasteiger charge is -2.25. The van der Waals surface area contributed by atoms with Crippen LogP contribution in [-0.4, -0.2) is 35.1 Å². The second kappa shape index (κ2) is 7.82. The first kappa shape index (κ1) is 17.7. The lowest BCUT2D eigenvalue weighted by atomic mass is 9.86. The van der Waals surface area contributed by atoms with Gasteiger partial charge in [-0.15, -0.1) is 0 Å². The van der Waals surface area contributed by atoms with E-state index in [1.807, 2.05) is 12.1 Å². The average Bonchev–Trinajstić information content (AvgIpc) is 2.62. The fourth-order valence-electron chi connectivity index (χ4n) is 2.96. The minimum absolute atomic E-state index is 0.121. The Bertz CT molecular complexity index is 745. The van der Waals surface area contributed by atoms with Crippen LogP contribution in [0.5, 0.6) is 5.75 Å². The van der Waals surface area contributed by atoms with E-state index in [0.717, 1.165) is 31.4 Å². The molecule has 25 heavy (non-hydrogen) atoms. The quantitative estimate of drug-likeness (QED) is 0.894. The van der Waals surface area contributed by atoms with Gasteiger partial charge < -0.3 is 10.1 Å². The summed E-state index contributed by atoms with van der Waals surface area (Å²) in [5.41, 5.74) is 1.54. The first-order valence-corrected chi connectivity index (χ1v) is 9.27. The molecule has 2 aliphatic rings. The second-order valence-corrected chi connectivity index (χ2v) is 7.39. The maximum Gasteiger partial charge on any atom is 0.256 e. The number of para-hydroxylation sites is 2. The zero-order valence-corrected chi connectivity index (χ0v) is 15.1. The number of nitrogens with zero attached hydrogens (tertiary/aromatic N) is 2. The van der Waals surface area contributed by atoms with Crippen molar-refractivity contribution in [3.63, 3.8) is 0 Å². The number of amidine groups is 1. The van der Waals surface area contributed by atoms with Crippen LogP contribution < -0.4 is 10.1 Å². The summed E-state index contributed by atoms with van der Waals surface area (Å²) < 4.78 is 5.24. The minimum Gasteiger partial charge on any atom is -0.495 e. The van der Waals surface area contributed by atoms with Gasteiger partial charge in [-0.2, -0.15) is 4.99 Å². The minimum atomic E-state index is -0.430. The summed E-state index contributed by atoms with van der Waals surface area (Å²) in [6.07, 6.45) is 3.79. The Kier molecular flexibility index (Phi) is 5.53. The number of ether oxygens (including phenoxy) is 1. The smallest absolute Gasteiger partial charge is 0.256 e. The normalized spacial score (nSPS) is 20.9. The van der Waals surface area contributed by atoms with Gasteiger partial charge in [0.2, 0.25) is 5.91 Å². The van der Waals surface area contributed by atoms with Gasteiger partial charge in [0.25, 0.3) is 5.91 Å². The molecule has 1 aliphatic heterocycles. The van der Waals surface area contributed by atoms with Crippen LogP contribution in [0.2, 0.25) is 0 Å². The monoisotopic (exact) mass is 359 g/mol. The van der Waals surface area contributed by atoms with Crippen molar-refractivity contribution >= 4 is 40.1 Å². The zero-order chi connectivity index (χ0) is 17.8. The topological polar surface area (TPSA) is 80.1 Å². The Hall–Kier alpha value is -2.15. The molecule has 1 aromatic carbocycles. The van der Waals surface area contributed by atoms with Gasteiger partial charge in [0, 0.05) is 5.71 Å². The number of rotatable bonds is 4. The van der Waals surface area contributed by atoms with Crippen molar-refractivity contribution in [2.75, 3.05) is 12.4 Å². The van der Waals surface area contributed by atoms with E-state index in [9.17, 15) is 9.59 Å². The van der Waals surface area contributed by atoms with Gasteiger partial charge in [-0.05, 0) is 38.3 Å². The Morgan fingerprint density at radius 3 is 2.92 bits per heavy atom. The number of hydrogen-bond acceptors (Lipinski definition) is 5. The van der Waals surface area contributed by atoms with Gasteiger partial charge in [0.15, 0.2) is 5.17 Å². The number of anilines is 1. The molecule has 0 saturated heterocycles. The molecule has 1 saturated carbocycles. The molecule has 2 unspecified atom stereocenters. The highest BCUT2D eigenvalue weighted by Crippen LogP contribution is 2.29. The van der Waals surface area contributed by atoms with Crippen molar-refractivity contribution in [1.82, 2.24) is 0 Å². The number of fused-ring (bicyclic) bond motifs is 1. The first-order valence-electron chi connectivity index (χ1n) is 8.39. The van der Waals surface area contributed by atoms with Crippen molar-refractivity contribution in [3.8, 4) is 5.75 Å². The lowest BCUT2D eigenvalue weighted by Crippen LogP contribution is -2.31. The first-order chi connectivity index (χ1) is 12.1. The number of thioether (sulfide) groups is 1. The van der Waals surface area contributed by atoms with Gasteiger partial charge in [-0.1, -0.05) is 30.3 Å². The Labute approximate surface area is 151 Å². The lowest BCUT2D eigenvalue weighted by molar-refractivity contribution is -0.120. The zero-order valence-electron chi connectivity index (χ0n) is 14.3. The van der Waals surface area contributed by atoms with Gasteiger partial charge in [0.05, 0.1) is 24.0 Å². The van der Waals surface area contributed by atoms with Gasteiger partial charge >= 0.3 is 0 Å². The summed E-state index contributed by atoms with van der Waals surface area (Å²) in [7, 11) is 1.56. The van der Waals surface area contributed by atoms with Gasteiger partial charge in [-0.3, -0.25) is 9.59 Å². The number of benzene rings is 1. The molecule has 7 heteroatoms. The summed E-state index contributed by atoms with van der Waals surface area (Å²) >= 11 is 1.21. The average molecular weight is 359 g/mol. The maximum atomic E-state index is 12.4. The van der Waals surface area contributed by atoms with E-state index in [0.29, 0.717) is 16.6 Å². The number of methoxy groups -OCH3 is 1. The third kappa shape index (κ3) is 4.10. The van der Waals surface area contributed by atoms with Gasteiger partial charge in [0.1, 0.15) is 5.75 Å². The fourth-order valence-corrected chi connectivity index (χ4v) is 3.76. The molecule has 1 fully saturated rings. The van der Waals surface area contributed by atoms with Crippen LogP contribution in [0.4, 0.5) is 5.69 Å². The third-order valence-electron chi connectivity index (χ3n) is 4.34.